The van der Waals surface area contributed by atoms with E-state index in [2.05, 4.69) is 21.6 Å². The predicted molar refractivity (Wildman–Crippen MR) is 114 cm³/mol. The molecule has 1 unspecified atom stereocenters. The van der Waals surface area contributed by atoms with Crippen LogP contribution < -0.4 is 5.32 Å². The average molecular weight is 406 g/mol. The maximum atomic E-state index is 12.9. The monoisotopic (exact) mass is 405 g/mol. The number of benzene rings is 1. The van der Waals surface area contributed by atoms with Gasteiger partial charge in [0.2, 0.25) is 5.91 Å². The largest absolute Gasteiger partial charge is 0.355 e. The summed E-state index contributed by atoms with van der Waals surface area (Å²) in [5, 5.41) is 11.3. The topological polar surface area (TPSA) is 79.6 Å². The van der Waals surface area contributed by atoms with Crippen LogP contribution >= 0.6 is 0 Å². The molecule has 1 aliphatic rings. The van der Waals surface area contributed by atoms with Crippen LogP contribution in [0.4, 0.5) is 0 Å². The van der Waals surface area contributed by atoms with Crippen molar-refractivity contribution in [1.82, 2.24) is 24.8 Å². The maximum absolute atomic E-state index is 12.9. The van der Waals surface area contributed by atoms with Gasteiger partial charge in [-0.1, -0.05) is 23.3 Å². The molecule has 1 atom stereocenters. The highest BCUT2D eigenvalue weighted by Crippen LogP contribution is 2.20. The van der Waals surface area contributed by atoms with Crippen LogP contribution in [0.2, 0.25) is 0 Å². The minimum absolute atomic E-state index is 0.00161. The SMILES string of the molecule is Cc1cc(C)cc(C(=O)N2CCCC(C(=O)NCCc3nnc4ccccn34)C2)c1. The maximum Gasteiger partial charge on any atom is 0.253 e. The number of hydrogen-bond acceptors (Lipinski definition) is 4. The van der Waals surface area contributed by atoms with Crippen molar-refractivity contribution >= 4 is 17.5 Å². The zero-order chi connectivity index (χ0) is 21.1. The quantitative estimate of drug-likeness (QED) is 0.708. The van der Waals surface area contributed by atoms with E-state index in [1.807, 2.05) is 59.7 Å². The molecule has 1 aliphatic heterocycles. The van der Waals surface area contributed by atoms with E-state index in [-0.39, 0.29) is 17.7 Å². The number of nitrogens with one attached hydrogen (secondary N) is 1. The molecule has 30 heavy (non-hydrogen) atoms. The normalized spacial score (nSPS) is 16.6. The van der Waals surface area contributed by atoms with Crippen LogP contribution in [0.25, 0.3) is 5.65 Å². The molecule has 0 bridgehead atoms. The summed E-state index contributed by atoms with van der Waals surface area (Å²) < 4.78 is 1.93. The van der Waals surface area contributed by atoms with Gasteiger partial charge in [-0.2, -0.15) is 0 Å². The van der Waals surface area contributed by atoms with Crippen molar-refractivity contribution in [3.8, 4) is 0 Å². The Bertz CT molecular complexity index is 1050. The molecule has 3 aromatic rings. The first-order chi connectivity index (χ1) is 14.5. The number of pyridine rings is 1. The summed E-state index contributed by atoms with van der Waals surface area (Å²) in [7, 11) is 0. The van der Waals surface area contributed by atoms with Crippen molar-refractivity contribution in [3.05, 3.63) is 65.1 Å². The molecule has 1 saturated heterocycles. The van der Waals surface area contributed by atoms with Gasteiger partial charge >= 0.3 is 0 Å². The summed E-state index contributed by atoms with van der Waals surface area (Å²) in [5.41, 5.74) is 3.65. The van der Waals surface area contributed by atoms with Crippen LogP contribution in [0.3, 0.4) is 0 Å². The standard InChI is InChI=1S/C23H27N5O2/c1-16-12-17(2)14-19(13-16)23(30)27-10-5-6-18(15-27)22(29)24-9-8-21-26-25-20-7-3-4-11-28(20)21/h3-4,7,11-14,18H,5-6,8-10,15H2,1-2H3,(H,24,29). The summed E-state index contributed by atoms with van der Waals surface area (Å²) in [6.45, 7) is 5.65. The third kappa shape index (κ3) is 4.35. The number of hydrogen-bond donors (Lipinski definition) is 1. The van der Waals surface area contributed by atoms with E-state index >= 15 is 0 Å². The van der Waals surface area contributed by atoms with Crippen LogP contribution in [0.5, 0.6) is 0 Å². The number of likely N-dealkylation sites (tertiary alicyclic amines) is 1. The molecule has 0 spiro atoms. The Hall–Kier alpha value is -3.22. The fraction of sp³-hybridized carbons (Fsp3) is 0.391. The first-order valence-electron chi connectivity index (χ1n) is 10.4. The molecule has 2 amide bonds. The Balaban J connectivity index is 1.33. The van der Waals surface area contributed by atoms with E-state index in [0.29, 0.717) is 31.6 Å². The van der Waals surface area contributed by atoms with Crippen molar-refractivity contribution in [1.29, 1.82) is 0 Å². The third-order valence-electron chi connectivity index (χ3n) is 5.58. The number of aromatic nitrogens is 3. The van der Waals surface area contributed by atoms with Crippen LogP contribution in [-0.4, -0.2) is 50.9 Å². The summed E-state index contributed by atoms with van der Waals surface area (Å²) >= 11 is 0. The van der Waals surface area contributed by atoms with Crippen LogP contribution in [0.1, 0.15) is 40.2 Å². The molecule has 4 rings (SSSR count). The Morgan fingerprint density at radius 3 is 2.73 bits per heavy atom. The summed E-state index contributed by atoms with van der Waals surface area (Å²) in [4.78, 5) is 27.5. The van der Waals surface area contributed by atoms with Gasteiger partial charge in [-0.15, -0.1) is 10.2 Å². The van der Waals surface area contributed by atoms with E-state index in [0.717, 1.165) is 35.4 Å². The number of piperidine rings is 1. The lowest BCUT2D eigenvalue weighted by Gasteiger charge is -2.32. The molecule has 2 aromatic heterocycles. The molecule has 156 valence electrons. The summed E-state index contributed by atoms with van der Waals surface area (Å²) in [6.07, 6.45) is 4.17. The lowest BCUT2D eigenvalue weighted by molar-refractivity contribution is -0.126. The van der Waals surface area contributed by atoms with Crippen molar-refractivity contribution in [2.75, 3.05) is 19.6 Å². The molecule has 7 nitrogen and oxygen atoms in total. The molecule has 1 N–H and O–H groups in total. The zero-order valence-electron chi connectivity index (χ0n) is 17.5. The fourth-order valence-electron chi connectivity index (χ4n) is 4.16. The Morgan fingerprint density at radius 2 is 1.93 bits per heavy atom. The van der Waals surface area contributed by atoms with E-state index in [1.165, 1.54) is 0 Å². The lowest BCUT2D eigenvalue weighted by Crippen LogP contribution is -2.45. The highest BCUT2D eigenvalue weighted by molar-refractivity contribution is 5.95. The molecule has 7 heteroatoms. The van der Waals surface area contributed by atoms with Crippen LogP contribution in [-0.2, 0) is 11.2 Å². The number of carbonyl (C=O) groups is 2. The van der Waals surface area contributed by atoms with Gasteiger partial charge in [0.15, 0.2) is 5.65 Å². The van der Waals surface area contributed by atoms with Crippen LogP contribution in [0.15, 0.2) is 42.6 Å². The number of carbonyl (C=O) groups excluding carboxylic acids is 2. The zero-order valence-corrected chi connectivity index (χ0v) is 17.5. The third-order valence-corrected chi connectivity index (χ3v) is 5.58. The van der Waals surface area contributed by atoms with Crippen molar-refractivity contribution < 1.29 is 9.59 Å². The number of rotatable bonds is 5. The predicted octanol–water partition coefficient (Wildman–Crippen LogP) is 2.56. The lowest BCUT2D eigenvalue weighted by atomic mass is 9.96. The highest BCUT2D eigenvalue weighted by Gasteiger charge is 2.29. The molecule has 1 aromatic carbocycles. The minimum Gasteiger partial charge on any atom is -0.355 e. The van der Waals surface area contributed by atoms with E-state index < -0.39 is 0 Å². The van der Waals surface area contributed by atoms with Gasteiger partial charge in [0.1, 0.15) is 5.82 Å². The highest BCUT2D eigenvalue weighted by atomic mass is 16.2. The first-order valence-corrected chi connectivity index (χ1v) is 10.4. The first kappa shape index (κ1) is 20.1. The number of fused-ring (bicyclic) bond motifs is 1. The Kier molecular flexibility index (Phi) is 5.79. The number of nitrogens with zero attached hydrogens (tertiary/aromatic N) is 4. The van der Waals surface area contributed by atoms with Gasteiger partial charge in [0.25, 0.3) is 5.91 Å². The second kappa shape index (κ2) is 8.65. The van der Waals surface area contributed by atoms with Gasteiger partial charge in [0.05, 0.1) is 5.92 Å². The van der Waals surface area contributed by atoms with E-state index in [1.54, 1.807) is 0 Å². The summed E-state index contributed by atoms with van der Waals surface area (Å²) in [5.74, 6) is 0.654. The van der Waals surface area contributed by atoms with E-state index in [9.17, 15) is 9.59 Å². The Labute approximate surface area is 176 Å². The number of amides is 2. The smallest absolute Gasteiger partial charge is 0.253 e. The molecule has 3 heterocycles. The molecular formula is C23H27N5O2. The molecular weight excluding hydrogens is 378 g/mol. The second-order valence-corrected chi connectivity index (χ2v) is 8.05. The minimum atomic E-state index is -0.177. The Morgan fingerprint density at radius 1 is 1.13 bits per heavy atom. The molecule has 0 saturated carbocycles. The van der Waals surface area contributed by atoms with Gasteiger partial charge < -0.3 is 10.2 Å². The van der Waals surface area contributed by atoms with Crippen molar-refractivity contribution in [2.24, 2.45) is 5.92 Å². The van der Waals surface area contributed by atoms with Crippen LogP contribution in [0, 0.1) is 19.8 Å². The van der Waals surface area contributed by atoms with Crippen molar-refractivity contribution in [3.63, 3.8) is 0 Å². The fourth-order valence-corrected chi connectivity index (χ4v) is 4.16. The van der Waals surface area contributed by atoms with Gasteiger partial charge in [-0.25, -0.2) is 0 Å². The summed E-state index contributed by atoms with van der Waals surface area (Å²) in [6, 6.07) is 11.6. The second-order valence-electron chi connectivity index (χ2n) is 8.05. The number of aryl methyl sites for hydroxylation is 2. The molecule has 0 radical (unpaired) electrons. The van der Waals surface area contributed by atoms with Crippen molar-refractivity contribution in [2.45, 2.75) is 33.1 Å². The van der Waals surface area contributed by atoms with E-state index in [4.69, 9.17) is 0 Å². The van der Waals surface area contributed by atoms with Gasteiger partial charge in [-0.3, -0.25) is 14.0 Å². The average Bonchev–Trinajstić information content (AvgIpc) is 3.16. The molecule has 0 aliphatic carbocycles. The van der Waals surface area contributed by atoms with Gasteiger partial charge in [0, 0.05) is 37.8 Å². The molecule has 1 fully saturated rings. The van der Waals surface area contributed by atoms with Gasteiger partial charge in [-0.05, 0) is 51.0 Å².